The molecule has 1 aromatic heterocycles. The molecule has 8 heteroatoms. The molecule has 0 radical (unpaired) electrons. The molecule has 0 spiro atoms. The van der Waals surface area contributed by atoms with Gasteiger partial charge in [0.1, 0.15) is 0 Å². The summed E-state index contributed by atoms with van der Waals surface area (Å²) in [6.07, 6.45) is 4.41. The first-order valence-corrected chi connectivity index (χ1v) is 8.84. The van der Waals surface area contributed by atoms with Gasteiger partial charge in [0.25, 0.3) is 5.91 Å². The van der Waals surface area contributed by atoms with Gasteiger partial charge in [-0.25, -0.2) is 4.98 Å². The van der Waals surface area contributed by atoms with Crippen molar-refractivity contribution < 1.29 is 18.0 Å². The van der Waals surface area contributed by atoms with Crippen LogP contribution >= 0.6 is 11.6 Å². The van der Waals surface area contributed by atoms with E-state index >= 15 is 0 Å². The highest BCUT2D eigenvalue weighted by atomic mass is 35.5. The van der Waals surface area contributed by atoms with Crippen LogP contribution in [0.2, 0.25) is 5.02 Å². The Kier molecular flexibility index (Phi) is 5.55. The van der Waals surface area contributed by atoms with Crippen molar-refractivity contribution in [2.24, 2.45) is 5.92 Å². The standard InChI is InChI=1S/C18H19ClF3N3O/c19-16-6-3-13(18(20,21)22)9-15(16)17(26)24-14-4-1-12(2-5-14)10-25-8-7-23-11-25/h3,6-9,11-12,14H,1-2,4-5,10H2,(H,24,26)/t12-,14-. The third-order valence-electron chi connectivity index (χ3n) is 4.75. The van der Waals surface area contributed by atoms with E-state index in [-0.39, 0.29) is 16.6 Å². The third-order valence-corrected chi connectivity index (χ3v) is 5.08. The van der Waals surface area contributed by atoms with Gasteiger partial charge in [0, 0.05) is 25.0 Å². The molecule has 0 saturated heterocycles. The maximum Gasteiger partial charge on any atom is 0.416 e. The second-order valence-electron chi connectivity index (χ2n) is 6.64. The molecule has 1 aliphatic carbocycles. The highest BCUT2D eigenvalue weighted by Crippen LogP contribution is 2.32. The Labute approximate surface area is 154 Å². The Morgan fingerprint density at radius 1 is 1.27 bits per heavy atom. The number of imidazole rings is 1. The summed E-state index contributed by atoms with van der Waals surface area (Å²) in [5.74, 6) is -0.0475. The number of aromatic nitrogens is 2. The molecule has 2 aromatic rings. The van der Waals surface area contributed by atoms with E-state index in [0.29, 0.717) is 5.92 Å². The molecular formula is C18H19ClF3N3O. The summed E-state index contributed by atoms with van der Waals surface area (Å²) in [4.78, 5) is 16.4. The molecule has 0 bridgehead atoms. The molecule has 0 atom stereocenters. The van der Waals surface area contributed by atoms with E-state index in [1.165, 1.54) is 0 Å². The molecule has 1 aromatic carbocycles. The number of carbonyl (C=O) groups excluding carboxylic acids is 1. The van der Waals surface area contributed by atoms with Crippen LogP contribution in [0, 0.1) is 5.92 Å². The zero-order valence-corrected chi connectivity index (χ0v) is 14.7. The molecule has 4 nitrogen and oxygen atoms in total. The van der Waals surface area contributed by atoms with Crippen molar-refractivity contribution in [3.63, 3.8) is 0 Å². The van der Waals surface area contributed by atoms with Crippen molar-refractivity contribution in [3.8, 4) is 0 Å². The number of hydrogen-bond donors (Lipinski definition) is 1. The molecule has 3 rings (SSSR count). The van der Waals surface area contributed by atoms with E-state index in [1.54, 1.807) is 12.5 Å². The van der Waals surface area contributed by atoms with Gasteiger partial charge < -0.3 is 9.88 Å². The number of halogens is 4. The molecule has 0 aliphatic heterocycles. The summed E-state index contributed by atoms with van der Waals surface area (Å²) >= 11 is 5.92. The highest BCUT2D eigenvalue weighted by molar-refractivity contribution is 6.33. The minimum Gasteiger partial charge on any atom is -0.349 e. The van der Waals surface area contributed by atoms with Crippen LogP contribution in [-0.2, 0) is 12.7 Å². The first-order chi connectivity index (χ1) is 12.3. The molecule has 1 aliphatic rings. The van der Waals surface area contributed by atoms with Crippen LogP contribution in [-0.4, -0.2) is 21.5 Å². The summed E-state index contributed by atoms with van der Waals surface area (Å²) in [7, 11) is 0. The Bertz CT molecular complexity index is 754. The van der Waals surface area contributed by atoms with Crippen molar-refractivity contribution >= 4 is 17.5 Å². The van der Waals surface area contributed by atoms with Crippen LogP contribution in [0.3, 0.4) is 0 Å². The number of rotatable bonds is 4. The van der Waals surface area contributed by atoms with Crippen LogP contribution in [0.15, 0.2) is 36.9 Å². The second-order valence-corrected chi connectivity index (χ2v) is 7.05. The van der Waals surface area contributed by atoms with Crippen LogP contribution < -0.4 is 5.32 Å². The largest absolute Gasteiger partial charge is 0.416 e. The van der Waals surface area contributed by atoms with Crippen molar-refractivity contribution in [2.45, 2.75) is 44.4 Å². The Balaban J connectivity index is 1.57. The highest BCUT2D eigenvalue weighted by Gasteiger charge is 2.32. The summed E-state index contributed by atoms with van der Waals surface area (Å²) in [6.45, 7) is 0.889. The van der Waals surface area contributed by atoms with Crippen LogP contribution in [0.5, 0.6) is 0 Å². The first kappa shape index (κ1) is 18.8. The molecule has 0 unspecified atom stereocenters. The number of benzene rings is 1. The minimum absolute atomic E-state index is 0.0179. The van der Waals surface area contributed by atoms with Crippen molar-refractivity contribution in [2.75, 3.05) is 0 Å². The fourth-order valence-corrected chi connectivity index (χ4v) is 3.52. The maximum absolute atomic E-state index is 12.8. The lowest BCUT2D eigenvalue weighted by Gasteiger charge is -2.29. The van der Waals surface area contributed by atoms with Gasteiger partial charge in [-0.2, -0.15) is 13.2 Å². The summed E-state index contributed by atoms with van der Waals surface area (Å²) < 4.78 is 40.6. The number of nitrogens with one attached hydrogen (secondary N) is 1. The number of nitrogens with zero attached hydrogens (tertiary/aromatic N) is 2. The average molecular weight is 386 g/mol. The SMILES string of the molecule is O=C(N[C@H]1CC[C@H](Cn2ccnc2)CC1)c1cc(C(F)(F)F)ccc1Cl. The summed E-state index contributed by atoms with van der Waals surface area (Å²) in [5, 5.41) is 2.84. The Morgan fingerprint density at radius 3 is 2.62 bits per heavy atom. The van der Waals surface area contributed by atoms with E-state index < -0.39 is 17.6 Å². The normalized spacial score (nSPS) is 20.8. The average Bonchev–Trinajstić information content (AvgIpc) is 3.09. The molecule has 1 amide bonds. The van der Waals surface area contributed by atoms with Gasteiger partial charge in [0.15, 0.2) is 0 Å². The monoisotopic (exact) mass is 385 g/mol. The zero-order chi connectivity index (χ0) is 18.7. The topological polar surface area (TPSA) is 46.9 Å². The minimum atomic E-state index is -4.51. The number of alkyl halides is 3. The van der Waals surface area contributed by atoms with E-state index in [2.05, 4.69) is 10.3 Å². The van der Waals surface area contributed by atoms with E-state index in [1.807, 2.05) is 10.8 Å². The van der Waals surface area contributed by atoms with Crippen LogP contribution in [0.1, 0.15) is 41.6 Å². The van der Waals surface area contributed by atoms with Gasteiger partial charge in [0.2, 0.25) is 0 Å². The number of carbonyl (C=O) groups is 1. The fraction of sp³-hybridized carbons (Fsp3) is 0.444. The predicted octanol–water partition coefficient (Wildman–Crippen LogP) is 4.54. The smallest absolute Gasteiger partial charge is 0.349 e. The molecule has 1 N–H and O–H groups in total. The summed E-state index contributed by atoms with van der Waals surface area (Å²) in [5.41, 5.74) is -1.02. The Morgan fingerprint density at radius 2 is 2.00 bits per heavy atom. The molecular weight excluding hydrogens is 367 g/mol. The lowest BCUT2D eigenvalue weighted by atomic mass is 9.86. The van der Waals surface area contributed by atoms with E-state index in [0.717, 1.165) is 50.4 Å². The Hall–Kier alpha value is -2.02. The van der Waals surface area contributed by atoms with E-state index in [9.17, 15) is 18.0 Å². The van der Waals surface area contributed by atoms with Gasteiger partial charge in [-0.1, -0.05) is 11.6 Å². The zero-order valence-electron chi connectivity index (χ0n) is 14.0. The number of hydrogen-bond acceptors (Lipinski definition) is 2. The molecule has 26 heavy (non-hydrogen) atoms. The fourth-order valence-electron chi connectivity index (χ4n) is 3.32. The van der Waals surface area contributed by atoms with Crippen molar-refractivity contribution in [1.82, 2.24) is 14.9 Å². The predicted molar refractivity (Wildman–Crippen MR) is 91.9 cm³/mol. The van der Waals surface area contributed by atoms with E-state index in [4.69, 9.17) is 11.6 Å². The van der Waals surface area contributed by atoms with Crippen LogP contribution in [0.25, 0.3) is 0 Å². The molecule has 140 valence electrons. The quantitative estimate of drug-likeness (QED) is 0.839. The third kappa shape index (κ3) is 4.58. The van der Waals surface area contributed by atoms with Gasteiger partial charge in [-0.3, -0.25) is 4.79 Å². The second kappa shape index (κ2) is 7.70. The molecule has 1 saturated carbocycles. The molecule has 1 fully saturated rings. The van der Waals surface area contributed by atoms with Crippen molar-refractivity contribution in [1.29, 1.82) is 0 Å². The van der Waals surface area contributed by atoms with Gasteiger partial charge in [0.05, 0.1) is 22.5 Å². The molecule has 1 heterocycles. The first-order valence-electron chi connectivity index (χ1n) is 8.46. The van der Waals surface area contributed by atoms with Gasteiger partial charge in [-0.15, -0.1) is 0 Å². The van der Waals surface area contributed by atoms with Gasteiger partial charge >= 0.3 is 6.18 Å². The van der Waals surface area contributed by atoms with Crippen molar-refractivity contribution in [3.05, 3.63) is 53.1 Å². The lowest BCUT2D eigenvalue weighted by Crippen LogP contribution is -2.38. The van der Waals surface area contributed by atoms with Gasteiger partial charge in [-0.05, 0) is 49.8 Å². The lowest BCUT2D eigenvalue weighted by molar-refractivity contribution is -0.137. The summed E-state index contributed by atoms with van der Waals surface area (Å²) in [6, 6.07) is 2.75. The van der Waals surface area contributed by atoms with Crippen LogP contribution in [0.4, 0.5) is 13.2 Å². The number of amides is 1. The maximum atomic E-state index is 12.8.